The molecule has 4 rings (SSSR count). The van der Waals surface area contributed by atoms with E-state index in [1.165, 1.54) is 16.2 Å². The number of nitrogens with one attached hydrogen (secondary N) is 2. The minimum absolute atomic E-state index is 0.000800. The van der Waals surface area contributed by atoms with Gasteiger partial charge in [0.15, 0.2) is 10.3 Å². The summed E-state index contributed by atoms with van der Waals surface area (Å²) < 4.78 is 0. The predicted octanol–water partition coefficient (Wildman–Crippen LogP) is 4.17. The second-order valence-electron chi connectivity index (χ2n) is 7.22. The van der Waals surface area contributed by atoms with Crippen LogP contribution >= 0.6 is 22.7 Å². The number of aryl methyl sites for hydroxylation is 2. The van der Waals surface area contributed by atoms with Crippen molar-refractivity contribution in [3.8, 4) is 0 Å². The van der Waals surface area contributed by atoms with E-state index < -0.39 is 0 Å². The number of anilines is 3. The van der Waals surface area contributed by atoms with Crippen LogP contribution in [0.4, 0.5) is 16.1 Å². The fourth-order valence-electron chi connectivity index (χ4n) is 3.43. The van der Waals surface area contributed by atoms with Gasteiger partial charge in [-0.3, -0.25) is 9.69 Å². The van der Waals surface area contributed by atoms with Gasteiger partial charge in [-0.25, -0.2) is 15.0 Å². The van der Waals surface area contributed by atoms with Crippen molar-refractivity contribution < 1.29 is 4.79 Å². The highest BCUT2D eigenvalue weighted by atomic mass is 32.1. The molecule has 0 aliphatic carbocycles. The topological polar surface area (TPSA) is 83.0 Å². The lowest BCUT2D eigenvalue weighted by Crippen LogP contribution is -2.38. The molecule has 152 valence electrons. The van der Waals surface area contributed by atoms with Crippen molar-refractivity contribution in [3.63, 3.8) is 0 Å². The minimum atomic E-state index is 0.000800. The lowest BCUT2D eigenvalue weighted by molar-refractivity contribution is -0.117. The van der Waals surface area contributed by atoms with E-state index in [4.69, 9.17) is 4.98 Å². The second-order valence-corrected chi connectivity index (χ2v) is 9.69. The standard InChI is InChI=1S/C20H24N6OS2/c1-13-10-21-19(28-13)24-17-5-3-4-16(23-17)15-6-8-26(9-7-15)12-18(27)25-20-22-11-14(2)29-20/h3-5,10-11,15H,6-9,12H2,1-2H3,(H,21,23,24)(H,22,25,27). The molecule has 1 fully saturated rings. The van der Waals surface area contributed by atoms with Gasteiger partial charge in [0.1, 0.15) is 5.82 Å². The molecule has 1 aliphatic rings. The maximum atomic E-state index is 12.2. The number of nitrogens with zero attached hydrogens (tertiary/aromatic N) is 4. The summed E-state index contributed by atoms with van der Waals surface area (Å²) in [7, 11) is 0. The van der Waals surface area contributed by atoms with Crippen LogP contribution in [0.1, 0.15) is 34.2 Å². The summed E-state index contributed by atoms with van der Waals surface area (Å²) in [6, 6.07) is 6.11. The van der Waals surface area contributed by atoms with Crippen molar-refractivity contribution in [1.29, 1.82) is 0 Å². The Bertz CT molecular complexity index is 977. The fraction of sp³-hybridized carbons (Fsp3) is 0.400. The molecule has 7 nitrogen and oxygen atoms in total. The molecule has 3 aromatic heterocycles. The van der Waals surface area contributed by atoms with E-state index in [1.807, 2.05) is 32.2 Å². The molecule has 1 aliphatic heterocycles. The minimum Gasteiger partial charge on any atom is -0.316 e. The number of carbonyl (C=O) groups is 1. The van der Waals surface area contributed by atoms with Gasteiger partial charge < -0.3 is 10.6 Å². The summed E-state index contributed by atoms with van der Waals surface area (Å²) in [6.07, 6.45) is 5.63. The number of amides is 1. The summed E-state index contributed by atoms with van der Waals surface area (Å²) in [5.41, 5.74) is 1.10. The number of hydrogen-bond acceptors (Lipinski definition) is 8. The van der Waals surface area contributed by atoms with Gasteiger partial charge >= 0.3 is 0 Å². The lowest BCUT2D eigenvalue weighted by Gasteiger charge is -2.31. The van der Waals surface area contributed by atoms with Crippen molar-refractivity contribution in [1.82, 2.24) is 19.9 Å². The highest BCUT2D eigenvalue weighted by Gasteiger charge is 2.23. The molecule has 0 radical (unpaired) electrons. The largest absolute Gasteiger partial charge is 0.316 e. The van der Waals surface area contributed by atoms with Gasteiger partial charge in [-0.1, -0.05) is 6.07 Å². The Hall–Kier alpha value is -2.36. The Balaban J connectivity index is 1.29. The smallest absolute Gasteiger partial charge is 0.240 e. The molecule has 1 saturated heterocycles. The molecule has 0 saturated carbocycles. The SMILES string of the molecule is Cc1cnc(NC(=O)CN2CCC(c3cccc(Nc4ncc(C)s4)n3)CC2)s1. The molecular formula is C20H24N6OS2. The maximum Gasteiger partial charge on any atom is 0.240 e. The first-order valence-corrected chi connectivity index (χ1v) is 11.3. The van der Waals surface area contributed by atoms with Crippen molar-refractivity contribution in [2.24, 2.45) is 0 Å². The predicted molar refractivity (Wildman–Crippen MR) is 118 cm³/mol. The summed E-state index contributed by atoms with van der Waals surface area (Å²) in [5.74, 6) is 1.24. The number of likely N-dealkylation sites (tertiary alicyclic amines) is 1. The Labute approximate surface area is 178 Å². The number of hydrogen-bond donors (Lipinski definition) is 2. The highest BCUT2D eigenvalue weighted by Crippen LogP contribution is 2.28. The Morgan fingerprint density at radius 1 is 1.10 bits per heavy atom. The zero-order valence-electron chi connectivity index (χ0n) is 16.5. The number of piperidine rings is 1. The van der Waals surface area contributed by atoms with Crippen LogP contribution in [0.15, 0.2) is 30.6 Å². The monoisotopic (exact) mass is 428 g/mol. The second kappa shape index (κ2) is 8.98. The van der Waals surface area contributed by atoms with Gasteiger partial charge in [0.2, 0.25) is 5.91 Å². The van der Waals surface area contributed by atoms with Gasteiger partial charge in [0.25, 0.3) is 0 Å². The quantitative estimate of drug-likeness (QED) is 0.613. The van der Waals surface area contributed by atoms with Crippen LogP contribution in [0.5, 0.6) is 0 Å². The molecule has 1 amide bonds. The first kappa shape index (κ1) is 19.9. The summed E-state index contributed by atoms with van der Waals surface area (Å²) >= 11 is 3.12. The Morgan fingerprint density at radius 2 is 1.79 bits per heavy atom. The molecule has 29 heavy (non-hydrogen) atoms. The molecule has 0 atom stereocenters. The zero-order chi connectivity index (χ0) is 20.2. The van der Waals surface area contributed by atoms with Gasteiger partial charge in [-0.2, -0.15) is 0 Å². The Morgan fingerprint density at radius 3 is 2.45 bits per heavy atom. The third-order valence-electron chi connectivity index (χ3n) is 4.87. The first-order valence-electron chi connectivity index (χ1n) is 9.66. The van der Waals surface area contributed by atoms with Crippen LogP contribution in [0, 0.1) is 13.8 Å². The van der Waals surface area contributed by atoms with Crippen molar-refractivity contribution in [2.45, 2.75) is 32.6 Å². The van der Waals surface area contributed by atoms with E-state index in [1.54, 1.807) is 17.5 Å². The number of carbonyl (C=O) groups excluding carboxylic acids is 1. The number of thiazole rings is 2. The van der Waals surface area contributed by atoms with Gasteiger partial charge in [0, 0.05) is 33.8 Å². The molecular weight excluding hydrogens is 404 g/mol. The normalized spacial score (nSPS) is 15.4. The average molecular weight is 429 g/mol. The maximum absolute atomic E-state index is 12.2. The van der Waals surface area contributed by atoms with Crippen molar-refractivity contribution in [2.75, 3.05) is 30.3 Å². The van der Waals surface area contributed by atoms with E-state index >= 15 is 0 Å². The lowest BCUT2D eigenvalue weighted by atomic mass is 9.93. The molecule has 9 heteroatoms. The van der Waals surface area contributed by atoms with Crippen molar-refractivity contribution >= 4 is 44.7 Å². The van der Waals surface area contributed by atoms with Gasteiger partial charge in [-0.15, -0.1) is 22.7 Å². The van der Waals surface area contributed by atoms with Crippen LogP contribution in [0.2, 0.25) is 0 Å². The van der Waals surface area contributed by atoms with Crippen LogP contribution in [-0.2, 0) is 4.79 Å². The molecule has 4 heterocycles. The van der Waals surface area contributed by atoms with Gasteiger partial charge in [-0.05, 0) is 51.9 Å². The summed E-state index contributed by atoms with van der Waals surface area (Å²) in [6.45, 7) is 6.21. The zero-order valence-corrected chi connectivity index (χ0v) is 18.1. The van der Waals surface area contributed by atoms with Crippen LogP contribution in [0.25, 0.3) is 0 Å². The van der Waals surface area contributed by atoms with Crippen molar-refractivity contribution in [3.05, 3.63) is 46.0 Å². The molecule has 3 aromatic rings. The van der Waals surface area contributed by atoms with E-state index in [9.17, 15) is 4.79 Å². The third kappa shape index (κ3) is 5.37. The van der Waals surface area contributed by atoms with E-state index in [-0.39, 0.29) is 5.91 Å². The Kier molecular flexibility index (Phi) is 6.17. The molecule has 0 unspecified atom stereocenters. The summed E-state index contributed by atoms with van der Waals surface area (Å²) in [4.78, 5) is 30.0. The van der Waals surface area contributed by atoms with Crippen LogP contribution in [0.3, 0.4) is 0 Å². The number of pyridine rings is 1. The van der Waals surface area contributed by atoms with E-state index in [0.717, 1.165) is 47.5 Å². The number of rotatable bonds is 6. The number of aromatic nitrogens is 3. The fourth-order valence-corrected chi connectivity index (χ4v) is 4.78. The van der Waals surface area contributed by atoms with Crippen LogP contribution in [-0.4, -0.2) is 45.4 Å². The molecule has 0 bridgehead atoms. The third-order valence-corrected chi connectivity index (χ3v) is 6.52. The van der Waals surface area contributed by atoms with Gasteiger partial charge in [0.05, 0.1) is 6.54 Å². The average Bonchev–Trinajstić information content (AvgIpc) is 3.30. The summed E-state index contributed by atoms with van der Waals surface area (Å²) in [5, 5.41) is 7.72. The molecule has 0 spiro atoms. The molecule has 2 N–H and O–H groups in total. The molecule has 0 aromatic carbocycles. The first-order chi connectivity index (χ1) is 14.0. The van der Waals surface area contributed by atoms with Crippen LogP contribution < -0.4 is 10.6 Å². The van der Waals surface area contributed by atoms with E-state index in [0.29, 0.717) is 17.6 Å². The highest BCUT2D eigenvalue weighted by molar-refractivity contribution is 7.15. The van der Waals surface area contributed by atoms with E-state index in [2.05, 4.69) is 31.6 Å².